The Bertz CT molecular complexity index is 1220. The molecule has 0 saturated carbocycles. The van der Waals surface area contributed by atoms with Crippen LogP contribution in [0.4, 0.5) is 5.69 Å². The van der Waals surface area contributed by atoms with E-state index in [0.717, 1.165) is 16.8 Å². The van der Waals surface area contributed by atoms with E-state index >= 15 is 0 Å². The van der Waals surface area contributed by atoms with Crippen molar-refractivity contribution in [3.63, 3.8) is 0 Å². The van der Waals surface area contributed by atoms with Crippen molar-refractivity contribution in [1.29, 1.82) is 0 Å². The molecule has 0 radical (unpaired) electrons. The number of pyridine rings is 1. The molecule has 2 aromatic carbocycles. The number of H-pyrrole nitrogens is 1. The largest absolute Gasteiger partial charge is 0.497 e. The van der Waals surface area contributed by atoms with Gasteiger partial charge in [0.1, 0.15) is 11.5 Å². The van der Waals surface area contributed by atoms with E-state index in [1.165, 1.54) is 7.11 Å². The Hall–Kier alpha value is -3.03. The molecule has 0 unspecified atom stereocenters. The summed E-state index contributed by atoms with van der Waals surface area (Å²) in [7, 11) is 3.12. The number of carbonyl (C=O) groups excluding carboxylic acids is 1. The molecule has 0 bridgehead atoms. The first-order valence-electron chi connectivity index (χ1n) is 9.97. The van der Waals surface area contributed by atoms with Crippen molar-refractivity contribution in [2.24, 2.45) is 0 Å². The van der Waals surface area contributed by atoms with Crippen LogP contribution in [0, 0.1) is 6.92 Å². The van der Waals surface area contributed by atoms with Gasteiger partial charge in [-0.05, 0) is 42.8 Å². The molecule has 1 aromatic heterocycles. The monoisotopic (exact) mass is 441 g/mol. The van der Waals surface area contributed by atoms with Crippen molar-refractivity contribution in [2.75, 3.05) is 32.6 Å². The number of methoxy groups -OCH3 is 2. The number of nitrogens with zero attached hydrogens (tertiary/aromatic N) is 1. The zero-order chi connectivity index (χ0) is 22.1. The molecule has 7 nitrogen and oxygen atoms in total. The number of anilines is 1. The number of benzene rings is 2. The number of amides is 1. The van der Waals surface area contributed by atoms with Crippen LogP contribution in [0.5, 0.6) is 11.5 Å². The average molecular weight is 442 g/mol. The van der Waals surface area contributed by atoms with Crippen LogP contribution >= 0.6 is 11.6 Å². The van der Waals surface area contributed by atoms with E-state index in [4.69, 9.17) is 21.1 Å². The van der Waals surface area contributed by atoms with E-state index in [0.29, 0.717) is 52.7 Å². The number of aromatic nitrogens is 1. The van der Waals surface area contributed by atoms with Crippen molar-refractivity contribution < 1.29 is 14.3 Å². The minimum Gasteiger partial charge on any atom is -0.497 e. The SMILES string of the molecule is COc1cc(C)c2[nH]c3c(c(=O)c2c1)CN(CC(=O)Nc1ccc(OC)c(Cl)c1)CC3. The topological polar surface area (TPSA) is 83.7 Å². The molecule has 31 heavy (non-hydrogen) atoms. The van der Waals surface area contributed by atoms with Crippen molar-refractivity contribution >= 4 is 34.1 Å². The van der Waals surface area contributed by atoms with Crippen LogP contribution in [-0.2, 0) is 17.8 Å². The summed E-state index contributed by atoms with van der Waals surface area (Å²) in [5.41, 5.74) is 4.02. The molecule has 0 atom stereocenters. The van der Waals surface area contributed by atoms with Crippen LogP contribution in [0.1, 0.15) is 16.8 Å². The van der Waals surface area contributed by atoms with E-state index < -0.39 is 0 Å². The second-order valence-electron chi connectivity index (χ2n) is 7.64. The number of rotatable bonds is 5. The lowest BCUT2D eigenvalue weighted by Gasteiger charge is -2.28. The van der Waals surface area contributed by atoms with Crippen molar-refractivity contribution in [1.82, 2.24) is 9.88 Å². The maximum Gasteiger partial charge on any atom is 0.238 e. The first-order valence-corrected chi connectivity index (χ1v) is 10.4. The first kappa shape index (κ1) is 21.2. The van der Waals surface area contributed by atoms with Gasteiger partial charge in [0.2, 0.25) is 5.91 Å². The number of hydrogen-bond donors (Lipinski definition) is 2. The number of ether oxygens (including phenoxy) is 2. The van der Waals surface area contributed by atoms with Gasteiger partial charge in [0, 0.05) is 41.8 Å². The lowest BCUT2D eigenvalue weighted by atomic mass is 10.0. The predicted octanol–water partition coefficient (Wildman–Crippen LogP) is 3.50. The van der Waals surface area contributed by atoms with Gasteiger partial charge in [-0.15, -0.1) is 0 Å². The number of fused-ring (bicyclic) bond motifs is 2. The van der Waals surface area contributed by atoms with Crippen molar-refractivity contribution in [3.8, 4) is 11.5 Å². The highest BCUT2D eigenvalue weighted by molar-refractivity contribution is 6.32. The lowest BCUT2D eigenvalue weighted by Crippen LogP contribution is -2.39. The molecular weight excluding hydrogens is 418 g/mol. The number of aryl methyl sites for hydroxylation is 1. The van der Waals surface area contributed by atoms with Crippen LogP contribution in [0.25, 0.3) is 10.9 Å². The molecule has 2 N–H and O–H groups in total. The molecule has 4 rings (SSSR count). The summed E-state index contributed by atoms with van der Waals surface area (Å²) in [4.78, 5) is 31.1. The zero-order valence-electron chi connectivity index (χ0n) is 17.7. The second kappa shape index (κ2) is 8.61. The fourth-order valence-corrected chi connectivity index (χ4v) is 4.24. The molecule has 0 saturated heterocycles. The van der Waals surface area contributed by atoms with Crippen molar-refractivity contribution in [3.05, 3.63) is 62.4 Å². The van der Waals surface area contributed by atoms with Crippen LogP contribution < -0.4 is 20.2 Å². The third-order valence-corrected chi connectivity index (χ3v) is 5.86. The van der Waals surface area contributed by atoms with Gasteiger partial charge in [-0.25, -0.2) is 0 Å². The highest BCUT2D eigenvalue weighted by Crippen LogP contribution is 2.27. The predicted molar refractivity (Wildman–Crippen MR) is 121 cm³/mol. The summed E-state index contributed by atoms with van der Waals surface area (Å²) in [6, 6.07) is 8.77. The van der Waals surface area contributed by atoms with E-state index in [-0.39, 0.29) is 17.9 Å². The van der Waals surface area contributed by atoms with Gasteiger partial charge in [0.25, 0.3) is 0 Å². The van der Waals surface area contributed by atoms with E-state index in [1.807, 2.05) is 17.9 Å². The Morgan fingerprint density at radius 2 is 2.03 bits per heavy atom. The van der Waals surface area contributed by atoms with Gasteiger partial charge in [0.15, 0.2) is 5.43 Å². The average Bonchev–Trinajstić information content (AvgIpc) is 2.75. The summed E-state index contributed by atoms with van der Waals surface area (Å²) in [6.07, 6.45) is 0.674. The number of hydrogen-bond acceptors (Lipinski definition) is 5. The minimum absolute atomic E-state index is 0.0159. The molecule has 0 spiro atoms. The summed E-state index contributed by atoms with van der Waals surface area (Å²) in [6.45, 7) is 3.23. The Morgan fingerprint density at radius 1 is 1.23 bits per heavy atom. The molecule has 0 fully saturated rings. The van der Waals surface area contributed by atoms with Gasteiger partial charge >= 0.3 is 0 Å². The fraction of sp³-hybridized carbons (Fsp3) is 0.304. The first-order chi connectivity index (χ1) is 14.9. The Morgan fingerprint density at radius 3 is 2.74 bits per heavy atom. The standard InChI is InChI=1S/C23H24ClN3O4/c1-13-8-15(30-2)10-16-22(13)26-19-6-7-27(11-17(19)23(16)29)12-21(28)25-14-4-5-20(31-3)18(24)9-14/h4-5,8-10H,6-7,11-12H2,1-3H3,(H,25,28)(H,26,29). The van der Waals surface area contributed by atoms with Gasteiger partial charge in [-0.3, -0.25) is 14.5 Å². The fourth-order valence-electron chi connectivity index (χ4n) is 3.98. The van der Waals surface area contributed by atoms with Crippen LogP contribution in [0.2, 0.25) is 5.02 Å². The maximum atomic E-state index is 13.2. The summed E-state index contributed by atoms with van der Waals surface area (Å²) < 4.78 is 10.5. The molecule has 1 aliphatic heterocycles. The Kier molecular flexibility index (Phi) is 5.89. The third kappa shape index (κ3) is 4.24. The summed E-state index contributed by atoms with van der Waals surface area (Å²) in [5.74, 6) is 1.03. The lowest BCUT2D eigenvalue weighted by molar-refractivity contribution is -0.117. The third-order valence-electron chi connectivity index (χ3n) is 5.57. The number of halogens is 1. The highest BCUT2D eigenvalue weighted by Gasteiger charge is 2.23. The van der Waals surface area contributed by atoms with Crippen molar-refractivity contribution in [2.45, 2.75) is 19.9 Å². The smallest absolute Gasteiger partial charge is 0.238 e. The quantitative estimate of drug-likeness (QED) is 0.633. The summed E-state index contributed by atoms with van der Waals surface area (Å²) >= 11 is 6.13. The molecule has 1 amide bonds. The molecular formula is C23H24ClN3O4. The number of aromatic amines is 1. The van der Waals surface area contributed by atoms with Crippen LogP contribution in [0.3, 0.4) is 0 Å². The molecule has 162 valence electrons. The molecule has 8 heteroatoms. The Balaban J connectivity index is 1.52. The summed E-state index contributed by atoms with van der Waals surface area (Å²) in [5, 5.41) is 3.88. The van der Waals surface area contributed by atoms with Gasteiger partial charge in [-0.1, -0.05) is 11.6 Å². The maximum absolute atomic E-state index is 13.2. The molecule has 0 aliphatic carbocycles. The molecule has 1 aliphatic rings. The zero-order valence-corrected chi connectivity index (χ0v) is 18.4. The second-order valence-corrected chi connectivity index (χ2v) is 8.04. The van der Waals surface area contributed by atoms with Gasteiger partial charge in [0.05, 0.1) is 31.3 Å². The Labute approximate surface area is 184 Å². The minimum atomic E-state index is -0.167. The van der Waals surface area contributed by atoms with E-state index in [2.05, 4.69) is 10.3 Å². The van der Waals surface area contributed by atoms with E-state index in [1.54, 1.807) is 31.4 Å². The van der Waals surface area contributed by atoms with Crippen LogP contribution in [0.15, 0.2) is 35.1 Å². The molecule has 2 heterocycles. The number of nitrogens with one attached hydrogen (secondary N) is 2. The normalized spacial score (nSPS) is 13.7. The highest BCUT2D eigenvalue weighted by atomic mass is 35.5. The van der Waals surface area contributed by atoms with Gasteiger partial charge in [-0.2, -0.15) is 0 Å². The van der Waals surface area contributed by atoms with Crippen LogP contribution in [-0.4, -0.2) is 43.1 Å². The number of carbonyl (C=O) groups is 1. The van der Waals surface area contributed by atoms with Gasteiger partial charge < -0.3 is 19.8 Å². The van der Waals surface area contributed by atoms with E-state index in [9.17, 15) is 9.59 Å². The molecule has 3 aromatic rings.